The van der Waals surface area contributed by atoms with Crippen LogP contribution in [0.4, 0.5) is 11.5 Å². The monoisotopic (exact) mass is 472 g/mol. The van der Waals surface area contributed by atoms with Crippen molar-refractivity contribution >= 4 is 23.2 Å². The number of rotatable bonds is 3. The summed E-state index contributed by atoms with van der Waals surface area (Å²) in [5.41, 5.74) is 7.15. The first kappa shape index (κ1) is 22.1. The molecule has 0 N–H and O–H groups in total. The zero-order valence-corrected chi connectivity index (χ0v) is 20.5. The molecular weight excluding hydrogens is 440 g/mol. The van der Waals surface area contributed by atoms with E-state index in [1.54, 1.807) is 6.92 Å². The van der Waals surface area contributed by atoms with Crippen molar-refractivity contribution in [2.45, 2.75) is 64.5 Å². The molecule has 2 aliphatic heterocycles. The Kier molecular flexibility index (Phi) is 5.46. The molecule has 8 heteroatoms. The Hall–Kier alpha value is -3.42. The van der Waals surface area contributed by atoms with Crippen LogP contribution in [-0.2, 0) is 36.0 Å². The van der Waals surface area contributed by atoms with Gasteiger partial charge < -0.3 is 9.80 Å². The van der Waals surface area contributed by atoms with E-state index >= 15 is 0 Å². The largest absolute Gasteiger partial charge is 0.338 e. The third-order valence-corrected chi connectivity index (χ3v) is 7.80. The summed E-state index contributed by atoms with van der Waals surface area (Å²) in [5, 5.41) is 9.52. The van der Waals surface area contributed by atoms with Gasteiger partial charge in [-0.25, -0.2) is 0 Å². The molecule has 4 heterocycles. The molecule has 0 bridgehead atoms. The van der Waals surface area contributed by atoms with Crippen molar-refractivity contribution in [1.29, 1.82) is 0 Å². The Morgan fingerprint density at radius 2 is 1.97 bits per heavy atom. The number of ketones is 1. The summed E-state index contributed by atoms with van der Waals surface area (Å²) >= 11 is 0. The van der Waals surface area contributed by atoms with Gasteiger partial charge in [-0.15, -0.1) is 0 Å². The zero-order valence-electron chi connectivity index (χ0n) is 20.5. The van der Waals surface area contributed by atoms with Gasteiger partial charge >= 0.3 is 0 Å². The van der Waals surface area contributed by atoms with E-state index in [9.17, 15) is 9.59 Å². The molecule has 3 aromatic rings. The molecule has 2 aromatic heterocycles. The molecule has 1 aliphatic carbocycles. The van der Waals surface area contributed by atoms with E-state index in [0.717, 1.165) is 55.6 Å². The lowest BCUT2D eigenvalue weighted by atomic mass is 9.93. The van der Waals surface area contributed by atoms with Crippen molar-refractivity contribution < 1.29 is 9.59 Å². The zero-order chi connectivity index (χ0) is 24.1. The van der Waals surface area contributed by atoms with Crippen LogP contribution in [0.25, 0.3) is 11.1 Å². The van der Waals surface area contributed by atoms with E-state index in [4.69, 9.17) is 5.10 Å². The molecule has 1 fully saturated rings. The normalized spacial score (nSPS) is 20.1. The number of carbonyl (C=O) groups excluding carboxylic acids is 2. The van der Waals surface area contributed by atoms with Gasteiger partial charge in [0.2, 0.25) is 5.91 Å². The van der Waals surface area contributed by atoms with Crippen LogP contribution >= 0.6 is 0 Å². The van der Waals surface area contributed by atoms with E-state index in [0.29, 0.717) is 31.7 Å². The summed E-state index contributed by atoms with van der Waals surface area (Å²) in [6.07, 6.45) is 9.97. The number of hydrogen-bond acceptors (Lipinski definition) is 5. The Balaban J connectivity index is 1.42. The van der Waals surface area contributed by atoms with Gasteiger partial charge in [-0.05, 0) is 48.9 Å². The van der Waals surface area contributed by atoms with Gasteiger partial charge in [0.25, 0.3) is 0 Å². The summed E-state index contributed by atoms with van der Waals surface area (Å²) in [6.45, 7) is 3.83. The van der Waals surface area contributed by atoms with Crippen molar-refractivity contribution in [3.8, 4) is 11.1 Å². The fourth-order valence-electron chi connectivity index (χ4n) is 5.99. The first-order chi connectivity index (χ1) is 17.0. The van der Waals surface area contributed by atoms with Crippen molar-refractivity contribution in [3.05, 3.63) is 47.4 Å². The van der Waals surface area contributed by atoms with Gasteiger partial charge in [-0.3, -0.25) is 19.0 Å². The summed E-state index contributed by atoms with van der Waals surface area (Å²) < 4.78 is 3.98. The number of amides is 1. The van der Waals surface area contributed by atoms with E-state index in [-0.39, 0.29) is 11.9 Å². The second kappa shape index (κ2) is 8.66. The molecular formula is C27H32N6O2. The predicted octanol–water partition coefficient (Wildman–Crippen LogP) is 3.96. The van der Waals surface area contributed by atoms with Crippen molar-refractivity contribution in [1.82, 2.24) is 24.5 Å². The van der Waals surface area contributed by atoms with E-state index in [1.807, 2.05) is 29.0 Å². The molecule has 0 radical (unpaired) electrons. The summed E-state index contributed by atoms with van der Waals surface area (Å²) in [5.74, 6) is 1.39. The van der Waals surface area contributed by atoms with Crippen LogP contribution in [0.3, 0.4) is 0 Å². The lowest BCUT2D eigenvalue weighted by Crippen LogP contribution is -2.36. The van der Waals surface area contributed by atoms with Gasteiger partial charge in [-0.2, -0.15) is 10.2 Å². The first-order valence-corrected chi connectivity index (χ1v) is 12.7. The maximum absolute atomic E-state index is 12.3. The second-order valence-corrected chi connectivity index (χ2v) is 10.2. The Morgan fingerprint density at radius 3 is 2.74 bits per heavy atom. The number of carbonyl (C=O) groups is 2. The Labute approximate surface area is 205 Å². The lowest BCUT2D eigenvalue weighted by Gasteiger charge is -2.32. The van der Waals surface area contributed by atoms with Gasteiger partial charge in [-0.1, -0.05) is 6.07 Å². The number of Topliss-reactive ketones (excluding diaryl/α,β-unsaturated/α-hetero) is 1. The van der Waals surface area contributed by atoms with Crippen molar-refractivity contribution in [2.75, 3.05) is 18.0 Å². The molecule has 1 unspecified atom stereocenters. The Bertz CT molecular complexity index is 1300. The molecule has 1 amide bonds. The number of fused-ring (bicyclic) bond motifs is 2. The van der Waals surface area contributed by atoms with Gasteiger partial charge in [0, 0.05) is 75.0 Å². The van der Waals surface area contributed by atoms with Crippen LogP contribution in [0.2, 0.25) is 0 Å². The smallest absolute Gasteiger partial charge is 0.219 e. The van der Waals surface area contributed by atoms with Crippen LogP contribution in [0.1, 0.15) is 61.9 Å². The Morgan fingerprint density at radius 1 is 1.09 bits per heavy atom. The van der Waals surface area contributed by atoms with Crippen LogP contribution < -0.4 is 4.90 Å². The van der Waals surface area contributed by atoms with Crippen molar-refractivity contribution in [2.24, 2.45) is 7.05 Å². The molecule has 1 saturated carbocycles. The highest BCUT2D eigenvalue weighted by Gasteiger charge is 2.34. The molecule has 1 aromatic carbocycles. The highest BCUT2D eigenvalue weighted by molar-refractivity contribution is 5.80. The fourth-order valence-corrected chi connectivity index (χ4v) is 5.99. The first-order valence-electron chi connectivity index (χ1n) is 12.7. The maximum atomic E-state index is 12.3. The number of aryl methyl sites for hydroxylation is 2. The number of anilines is 2. The molecule has 1 atom stereocenters. The van der Waals surface area contributed by atoms with Crippen LogP contribution in [0, 0.1) is 0 Å². The van der Waals surface area contributed by atoms with Crippen LogP contribution in [0.15, 0.2) is 30.6 Å². The third kappa shape index (κ3) is 3.94. The maximum Gasteiger partial charge on any atom is 0.219 e. The number of aromatic nitrogens is 4. The highest BCUT2D eigenvalue weighted by Crippen LogP contribution is 2.41. The minimum Gasteiger partial charge on any atom is -0.338 e. The number of hydrogen-bond donors (Lipinski definition) is 0. The molecule has 0 spiro atoms. The van der Waals surface area contributed by atoms with Crippen LogP contribution in [0.5, 0.6) is 0 Å². The average Bonchev–Trinajstić information content (AvgIpc) is 3.46. The standard InChI is InChI=1S/C27H32N6O2/c1-18(34)31-12-10-26-24(17-31)27(29-33(26)22-6-3-7-23(35)14-22)32-11-4-5-20-13-19(8-9-25(20)32)21-15-28-30(2)16-21/h8-9,13,15-16,22H,3-7,10-12,14,17H2,1-2H3. The molecule has 0 saturated heterocycles. The van der Waals surface area contributed by atoms with Gasteiger partial charge in [0.1, 0.15) is 5.78 Å². The van der Waals surface area contributed by atoms with Crippen molar-refractivity contribution in [3.63, 3.8) is 0 Å². The van der Waals surface area contributed by atoms with E-state index in [1.165, 1.54) is 22.5 Å². The second-order valence-electron chi connectivity index (χ2n) is 10.2. The molecule has 3 aliphatic rings. The summed E-state index contributed by atoms with van der Waals surface area (Å²) in [6, 6.07) is 6.78. The molecule has 8 nitrogen and oxygen atoms in total. The predicted molar refractivity (Wildman–Crippen MR) is 134 cm³/mol. The minimum absolute atomic E-state index is 0.0994. The highest BCUT2D eigenvalue weighted by atomic mass is 16.2. The van der Waals surface area contributed by atoms with Crippen LogP contribution in [-0.4, -0.2) is 49.2 Å². The third-order valence-electron chi connectivity index (χ3n) is 7.80. The molecule has 6 rings (SSSR count). The van der Waals surface area contributed by atoms with Gasteiger partial charge in [0.15, 0.2) is 5.82 Å². The van der Waals surface area contributed by atoms with E-state index in [2.05, 4.69) is 32.9 Å². The molecule has 35 heavy (non-hydrogen) atoms. The lowest BCUT2D eigenvalue weighted by molar-refractivity contribution is -0.129. The SMILES string of the molecule is CC(=O)N1CCc2c(c(N3CCCc4cc(-c5cnn(C)c5)ccc43)nn2C2CCCC(=O)C2)C1. The quantitative estimate of drug-likeness (QED) is 0.577. The van der Waals surface area contributed by atoms with Gasteiger partial charge in [0.05, 0.1) is 18.8 Å². The average molecular weight is 473 g/mol. The summed E-state index contributed by atoms with van der Waals surface area (Å²) in [7, 11) is 1.94. The minimum atomic E-state index is 0.0994. The fraction of sp³-hybridized carbons (Fsp3) is 0.481. The molecule has 182 valence electrons. The number of benzene rings is 1. The topological polar surface area (TPSA) is 76.3 Å². The van der Waals surface area contributed by atoms with E-state index < -0.39 is 0 Å². The number of nitrogens with zero attached hydrogens (tertiary/aromatic N) is 6. The summed E-state index contributed by atoms with van der Waals surface area (Å²) in [4.78, 5) is 28.8.